The van der Waals surface area contributed by atoms with E-state index in [-0.39, 0.29) is 17.5 Å². The molecule has 1 aromatic carbocycles. The molecule has 0 aliphatic carbocycles. The maximum absolute atomic E-state index is 13.3. The van der Waals surface area contributed by atoms with Gasteiger partial charge in [-0.15, -0.1) is 0 Å². The van der Waals surface area contributed by atoms with E-state index >= 15 is 0 Å². The second-order valence-corrected chi connectivity index (χ2v) is 6.46. The van der Waals surface area contributed by atoms with E-state index in [1.165, 1.54) is 28.8 Å². The summed E-state index contributed by atoms with van der Waals surface area (Å²) in [7, 11) is 0. The number of aromatic nitrogens is 3. The van der Waals surface area contributed by atoms with Gasteiger partial charge in [-0.1, -0.05) is 6.07 Å². The van der Waals surface area contributed by atoms with Crippen molar-refractivity contribution in [1.29, 1.82) is 0 Å². The summed E-state index contributed by atoms with van der Waals surface area (Å²) < 4.78 is 20.6. The number of hydrogen-bond donors (Lipinski definition) is 0. The lowest BCUT2D eigenvalue weighted by molar-refractivity contribution is 0.170. The zero-order valence-electron chi connectivity index (χ0n) is 14.4. The van der Waals surface area contributed by atoms with Crippen molar-refractivity contribution >= 4 is 11.6 Å². The van der Waals surface area contributed by atoms with Crippen molar-refractivity contribution in [3.63, 3.8) is 0 Å². The lowest BCUT2D eigenvalue weighted by Crippen LogP contribution is -2.39. The van der Waals surface area contributed by atoms with E-state index in [2.05, 4.69) is 14.9 Å². The predicted molar refractivity (Wildman–Crippen MR) is 96.3 cm³/mol. The summed E-state index contributed by atoms with van der Waals surface area (Å²) in [5, 5.41) is 0. The number of hydrogen-bond acceptors (Lipinski definition) is 5. The van der Waals surface area contributed by atoms with E-state index in [0.717, 1.165) is 37.3 Å². The number of aryl methyl sites for hydroxylation is 1. The molecule has 134 valence electrons. The fraction of sp³-hybridized carbons (Fsp3) is 0.316. The standard InChI is InChI=1S/C19H19FN4O2/c1-13-12-24-17(25)5-8-21-19(24)22-18(13)23-9-6-15(7-10-23)26-16-4-2-3-14(20)11-16/h2-5,8,11-12,15H,6-7,9-10H2,1H3. The Labute approximate surface area is 149 Å². The van der Waals surface area contributed by atoms with E-state index in [1.807, 2.05) is 6.92 Å². The summed E-state index contributed by atoms with van der Waals surface area (Å²) in [4.78, 5) is 22.8. The van der Waals surface area contributed by atoms with Crippen LogP contribution in [0.2, 0.25) is 0 Å². The highest BCUT2D eigenvalue weighted by molar-refractivity contribution is 5.50. The number of benzene rings is 1. The minimum absolute atomic E-state index is 0.0505. The van der Waals surface area contributed by atoms with Gasteiger partial charge in [0, 0.05) is 56.0 Å². The first-order valence-corrected chi connectivity index (χ1v) is 8.62. The lowest BCUT2D eigenvalue weighted by Gasteiger charge is -2.33. The van der Waals surface area contributed by atoms with Gasteiger partial charge < -0.3 is 9.64 Å². The van der Waals surface area contributed by atoms with Crippen molar-refractivity contribution in [1.82, 2.24) is 14.4 Å². The van der Waals surface area contributed by atoms with Crippen LogP contribution in [0.5, 0.6) is 5.75 Å². The largest absolute Gasteiger partial charge is 0.490 e. The van der Waals surface area contributed by atoms with Crippen molar-refractivity contribution in [2.24, 2.45) is 0 Å². The van der Waals surface area contributed by atoms with Gasteiger partial charge in [0.15, 0.2) is 0 Å². The minimum atomic E-state index is -0.293. The fourth-order valence-electron chi connectivity index (χ4n) is 3.29. The summed E-state index contributed by atoms with van der Waals surface area (Å²) in [6.07, 6.45) is 4.94. The maximum Gasteiger partial charge on any atom is 0.259 e. The summed E-state index contributed by atoms with van der Waals surface area (Å²) in [6.45, 7) is 3.50. The van der Waals surface area contributed by atoms with Crippen molar-refractivity contribution in [3.05, 3.63) is 64.5 Å². The van der Waals surface area contributed by atoms with Crippen molar-refractivity contribution in [3.8, 4) is 5.75 Å². The molecule has 1 aliphatic rings. The minimum Gasteiger partial charge on any atom is -0.490 e. The molecule has 26 heavy (non-hydrogen) atoms. The van der Waals surface area contributed by atoms with E-state index in [4.69, 9.17) is 4.74 Å². The van der Waals surface area contributed by atoms with Gasteiger partial charge in [0.1, 0.15) is 23.5 Å². The van der Waals surface area contributed by atoms with Crippen molar-refractivity contribution < 1.29 is 9.13 Å². The number of fused-ring (bicyclic) bond motifs is 1. The monoisotopic (exact) mass is 354 g/mol. The Morgan fingerprint density at radius 2 is 2.04 bits per heavy atom. The van der Waals surface area contributed by atoms with E-state index in [9.17, 15) is 9.18 Å². The third kappa shape index (κ3) is 3.24. The first kappa shape index (κ1) is 16.5. The average molecular weight is 354 g/mol. The molecular formula is C19H19FN4O2. The summed E-state index contributed by atoms with van der Waals surface area (Å²) in [5.41, 5.74) is 0.788. The zero-order chi connectivity index (χ0) is 18.1. The van der Waals surface area contributed by atoms with E-state index < -0.39 is 0 Å². The fourth-order valence-corrected chi connectivity index (χ4v) is 3.29. The van der Waals surface area contributed by atoms with Crippen molar-refractivity contribution in [2.45, 2.75) is 25.9 Å². The van der Waals surface area contributed by atoms with Crippen LogP contribution in [0, 0.1) is 12.7 Å². The number of nitrogens with zero attached hydrogens (tertiary/aromatic N) is 4. The summed E-state index contributed by atoms with van der Waals surface area (Å²) in [6, 6.07) is 7.65. The first-order valence-electron chi connectivity index (χ1n) is 8.62. The van der Waals surface area contributed by atoms with Gasteiger partial charge in [-0.25, -0.2) is 9.37 Å². The van der Waals surface area contributed by atoms with Gasteiger partial charge in [-0.05, 0) is 19.1 Å². The third-order valence-corrected chi connectivity index (χ3v) is 4.58. The normalized spacial score (nSPS) is 15.4. The van der Waals surface area contributed by atoms with E-state index in [1.54, 1.807) is 18.3 Å². The predicted octanol–water partition coefficient (Wildman–Crippen LogP) is 2.58. The Morgan fingerprint density at radius 1 is 1.23 bits per heavy atom. The van der Waals surface area contributed by atoms with Crippen LogP contribution in [0.3, 0.4) is 0 Å². The molecule has 1 fully saturated rings. The second kappa shape index (κ2) is 6.74. The van der Waals surface area contributed by atoms with Gasteiger partial charge in [-0.3, -0.25) is 9.20 Å². The van der Waals surface area contributed by atoms with Crippen LogP contribution in [0.25, 0.3) is 5.78 Å². The molecule has 0 amide bonds. The Kier molecular flexibility index (Phi) is 4.28. The van der Waals surface area contributed by atoms with Crippen LogP contribution in [-0.4, -0.2) is 33.6 Å². The second-order valence-electron chi connectivity index (χ2n) is 6.46. The molecule has 6 nitrogen and oxygen atoms in total. The number of halogens is 1. The number of ether oxygens (including phenoxy) is 1. The molecular weight excluding hydrogens is 335 g/mol. The number of anilines is 1. The summed E-state index contributed by atoms with van der Waals surface area (Å²) in [5.74, 6) is 1.51. The van der Waals surface area contributed by atoms with Gasteiger partial charge in [-0.2, -0.15) is 4.98 Å². The maximum atomic E-state index is 13.3. The molecule has 0 radical (unpaired) electrons. The summed E-state index contributed by atoms with van der Waals surface area (Å²) >= 11 is 0. The molecule has 0 bridgehead atoms. The molecule has 1 aliphatic heterocycles. The highest BCUT2D eigenvalue weighted by Gasteiger charge is 2.23. The molecule has 0 atom stereocenters. The van der Waals surface area contributed by atoms with Crippen molar-refractivity contribution in [2.75, 3.05) is 18.0 Å². The molecule has 3 heterocycles. The van der Waals surface area contributed by atoms with Crippen LogP contribution in [0.15, 0.2) is 47.5 Å². The highest BCUT2D eigenvalue weighted by atomic mass is 19.1. The third-order valence-electron chi connectivity index (χ3n) is 4.58. The zero-order valence-corrected chi connectivity index (χ0v) is 14.4. The molecule has 0 spiro atoms. The molecule has 0 unspecified atom stereocenters. The van der Waals surface area contributed by atoms with Gasteiger partial charge in [0.05, 0.1) is 0 Å². The van der Waals surface area contributed by atoms with Gasteiger partial charge in [0.25, 0.3) is 5.56 Å². The number of rotatable bonds is 3. The molecule has 2 aromatic heterocycles. The quantitative estimate of drug-likeness (QED) is 0.724. The van der Waals surface area contributed by atoms with Crippen LogP contribution in [-0.2, 0) is 0 Å². The smallest absolute Gasteiger partial charge is 0.259 e. The SMILES string of the molecule is Cc1cn2c(=O)ccnc2nc1N1CCC(Oc2cccc(F)c2)CC1. The van der Waals surface area contributed by atoms with Crippen LogP contribution < -0.4 is 15.2 Å². The van der Waals surface area contributed by atoms with Gasteiger partial charge >= 0.3 is 0 Å². The Balaban J connectivity index is 1.48. The topological polar surface area (TPSA) is 59.7 Å². The molecule has 3 aromatic rings. The lowest BCUT2D eigenvalue weighted by atomic mass is 10.1. The van der Waals surface area contributed by atoms with Crippen LogP contribution in [0.1, 0.15) is 18.4 Å². The van der Waals surface area contributed by atoms with E-state index in [0.29, 0.717) is 11.5 Å². The highest BCUT2D eigenvalue weighted by Crippen LogP contribution is 2.24. The Hall–Kier alpha value is -2.96. The number of piperidine rings is 1. The van der Waals surface area contributed by atoms with Gasteiger partial charge in [0.2, 0.25) is 5.78 Å². The molecule has 7 heteroatoms. The molecule has 0 N–H and O–H groups in total. The average Bonchev–Trinajstić information content (AvgIpc) is 2.63. The molecule has 0 saturated carbocycles. The molecule has 4 rings (SSSR count). The van der Waals surface area contributed by atoms with Crippen LogP contribution >= 0.6 is 0 Å². The first-order chi connectivity index (χ1) is 12.6. The molecule has 1 saturated heterocycles. The van der Waals surface area contributed by atoms with Crippen LogP contribution in [0.4, 0.5) is 10.2 Å². The Bertz CT molecular complexity index is 996. The Morgan fingerprint density at radius 3 is 2.81 bits per heavy atom.